The minimum atomic E-state index is -1.07. The molecule has 1 atom stereocenters. The van der Waals surface area contributed by atoms with Crippen molar-refractivity contribution in [2.24, 2.45) is 5.73 Å². The highest BCUT2D eigenvalue weighted by molar-refractivity contribution is 6.25. The second-order valence-electron chi connectivity index (χ2n) is 15.7. The molecule has 64 heavy (non-hydrogen) atoms. The number of fused-ring (bicyclic) bond motifs is 1. The van der Waals surface area contributed by atoms with Crippen molar-refractivity contribution in [3.05, 3.63) is 109 Å². The van der Waals surface area contributed by atoms with Crippen LogP contribution in [0.2, 0.25) is 0 Å². The molecular weight excluding hydrogens is 823 g/mol. The number of ether oxygens (including phenoxy) is 1. The quantitative estimate of drug-likeness (QED) is 0.0245. The Morgan fingerprint density at radius 1 is 1.05 bits per heavy atom. The number of H-pyrrole nitrogens is 1. The molecule has 1 aromatic heterocycles. The fourth-order valence-corrected chi connectivity index (χ4v) is 7.37. The van der Waals surface area contributed by atoms with Gasteiger partial charge in [0.05, 0.1) is 29.1 Å². The Balaban J connectivity index is 1.10. The number of aromatic nitrogens is 1. The van der Waals surface area contributed by atoms with Crippen LogP contribution in [0.3, 0.4) is 0 Å². The number of anilines is 2. The van der Waals surface area contributed by atoms with E-state index in [0.717, 1.165) is 33.5 Å². The highest BCUT2D eigenvalue weighted by atomic mass is 16.5. The number of carbonyl (C=O) groups excluding carboxylic acids is 6. The predicted molar refractivity (Wildman–Crippen MR) is 243 cm³/mol. The summed E-state index contributed by atoms with van der Waals surface area (Å²) in [6.45, 7) is 12.8. The van der Waals surface area contributed by atoms with Crippen LogP contribution in [0.1, 0.15) is 99.6 Å². The number of pyridine rings is 1. The van der Waals surface area contributed by atoms with Gasteiger partial charge < -0.3 is 41.7 Å². The van der Waals surface area contributed by atoms with Crippen LogP contribution in [0.25, 0.3) is 5.57 Å². The van der Waals surface area contributed by atoms with Gasteiger partial charge in [0.2, 0.25) is 11.8 Å². The van der Waals surface area contributed by atoms with E-state index in [1.165, 1.54) is 6.07 Å². The van der Waals surface area contributed by atoms with Gasteiger partial charge in [-0.1, -0.05) is 12.1 Å². The Hall–Kier alpha value is -7.12. The standard InChI is InChI=1S/C45H57N11O8/c1-7-55(17-15-50-54-39(58)24-64-18-16-48-34-10-8-9-30-40(34)45(63)56(44(30)62)36-12-14-38(57)53-43(36)61)37(47)13-11-26(4)29-20-31(32(22-46)35(21-29)51-25(2)3)41(59)49-23-33-27(5)19-28(6)52-42(33)60/h8-11,13,19-22,25,36,46,48,50-51H,7,12,14-18,23-24,47H2,1-6H3,(H,49,59)(H,52,60)(H,54,58)(H,53,57,61)/b26-11+,37-13+,46-22?. The van der Waals surface area contributed by atoms with Gasteiger partial charge in [0.1, 0.15) is 12.6 Å². The maximum absolute atomic E-state index is 13.6. The number of imide groups is 2. The lowest BCUT2D eigenvalue weighted by molar-refractivity contribution is -0.136. The number of piperidine rings is 1. The van der Waals surface area contributed by atoms with Crippen molar-refractivity contribution in [2.45, 2.75) is 73.0 Å². The first-order valence-electron chi connectivity index (χ1n) is 21.0. The first kappa shape index (κ1) is 47.9. The number of carbonyl (C=O) groups is 6. The van der Waals surface area contributed by atoms with E-state index in [1.807, 2.05) is 57.7 Å². The molecule has 5 rings (SSSR count). The Kier molecular flexibility index (Phi) is 16.3. The topological polar surface area (TPSA) is 273 Å². The number of allylic oxidation sites excluding steroid dienone is 3. The van der Waals surface area contributed by atoms with Crippen molar-refractivity contribution >= 4 is 58.6 Å². The lowest BCUT2D eigenvalue weighted by Gasteiger charge is -2.27. The average molecular weight is 880 g/mol. The van der Waals surface area contributed by atoms with Crippen LogP contribution in [0.4, 0.5) is 11.4 Å². The summed E-state index contributed by atoms with van der Waals surface area (Å²) in [5.74, 6) is -2.75. The van der Waals surface area contributed by atoms with E-state index >= 15 is 0 Å². The summed E-state index contributed by atoms with van der Waals surface area (Å²) in [6, 6.07) is 9.14. The van der Waals surface area contributed by atoms with E-state index in [0.29, 0.717) is 48.0 Å². The van der Waals surface area contributed by atoms with Gasteiger partial charge in [-0.05, 0) is 101 Å². The third kappa shape index (κ3) is 11.7. The van der Waals surface area contributed by atoms with Gasteiger partial charge in [-0.25, -0.2) is 5.43 Å². The molecule has 0 radical (unpaired) electrons. The molecule has 3 aromatic rings. The largest absolute Gasteiger partial charge is 0.385 e. The van der Waals surface area contributed by atoms with Gasteiger partial charge in [0, 0.05) is 79.6 Å². The fraction of sp³-hybridized carbons (Fsp3) is 0.378. The third-order valence-electron chi connectivity index (χ3n) is 10.6. The molecule has 19 nitrogen and oxygen atoms in total. The zero-order valence-corrected chi connectivity index (χ0v) is 37.0. The van der Waals surface area contributed by atoms with E-state index < -0.39 is 41.5 Å². The number of aryl methyl sites for hydroxylation is 2. The SMILES string of the molecule is CCN(CCNNC(=O)COCCNc1cccc2c1C(=O)N(C1CCC(=O)NC1=O)C2=O)/C(N)=C/C=C(\C)c1cc(NC(C)C)c(C=N)c(C(=O)NCc2c(C)cc(C)[nH]c2=O)c1. The molecule has 1 unspecified atom stereocenters. The number of benzene rings is 2. The van der Waals surface area contributed by atoms with E-state index in [1.54, 1.807) is 31.2 Å². The molecule has 2 aromatic carbocycles. The smallest absolute Gasteiger partial charge is 0.264 e. The van der Waals surface area contributed by atoms with Gasteiger partial charge in [-0.2, -0.15) is 0 Å². The molecule has 2 aliphatic rings. The van der Waals surface area contributed by atoms with Crippen LogP contribution >= 0.6 is 0 Å². The van der Waals surface area contributed by atoms with Crippen LogP contribution in [-0.4, -0.2) is 108 Å². The van der Waals surface area contributed by atoms with Gasteiger partial charge in [-0.15, -0.1) is 0 Å². The number of hydrogen-bond donors (Lipinski definition) is 9. The van der Waals surface area contributed by atoms with Crippen molar-refractivity contribution in [2.75, 3.05) is 50.0 Å². The summed E-state index contributed by atoms with van der Waals surface area (Å²) in [6.07, 6.45) is 4.82. The Morgan fingerprint density at radius 3 is 2.50 bits per heavy atom. The average Bonchev–Trinajstić information content (AvgIpc) is 3.50. The molecule has 0 bridgehead atoms. The van der Waals surface area contributed by atoms with E-state index in [2.05, 4.69) is 37.1 Å². The molecule has 3 heterocycles. The number of hydrazine groups is 1. The number of aromatic amines is 1. The highest BCUT2D eigenvalue weighted by Gasteiger charge is 2.45. The third-order valence-corrected chi connectivity index (χ3v) is 10.6. The molecule has 1 fully saturated rings. The molecule has 1 saturated heterocycles. The fourth-order valence-electron chi connectivity index (χ4n) is 7.37. The zero-order chi connectivity index (χ0) is 46.7. The van der Waals surface area contributed by atoms with Crippen molar-refractivity contribution in [1.29, 1.82) is 5.41 Å². The lowest BCUT2D eigenvalue weighted by Crippen LogP contribution is -2.54. The summed E-state index contributed by atoms with van der Waals surface area (Å²) in [5, 5.41) is 19.6. The number of likely N-dealkylation sites (N-methyl/N-ethyl adjacent to an activating group) is 1. The first-order chi connectivity index (χ1) is 30.5. The highest BCUT2D eigenvalue weighted by Crippen LogP contribution is 2.32. The molecule has 0 saturated carbocycles. The molecule has 2 aliphatic heterocycles. The molecule has 6 amide bonds. The number of nitrogens with two attached hydrogens (primary N) is 1. The summed E-state index contributed by atoms with van der Waals surface area (Å²) in [5.41, 5.74) is 17.1. The molecule has 0 spiro atoms. The number of nitrogens with one attached hydrogen (secondary N) is 8. The van der Waals surface area contributed by atoms with Crippen molar-refractivity contribution < 1.29 is 33.5 Å². The summed E-state index contributed by atoms with van der Waals surface area (Å²) >= 11 is 0. The first-order valence-corrected chi connectivity index (χ1v) is 21.0. The Labute approximate surface area is 371 Å². The number of rotatable bonds is 21. The Morgan fingerprint density at radius 2 is 1.81 bits per heavy atom. The number of amides is 6. The maximum atomic E-state index is 13.6. The normalized spacial score (nSPS) is 15.2. The van der Waals surface area contributed by atoms with Crippen molar-refractivity contribution in [3.8, 4) is 0 Å². The molecule has 19 heteroatoms. The van der Waals surface area contributed by atoms with Gasteiger partial charge in [0.25, 0.3) is 29.2 Å². The lowest BCUT2D eigenvalue weighted by atomic mass is 9.96. The second-order valence-corrected chi connectivity index (χ2v) is 15.7. The van der Waals surface area contributed by atoms with E-state index in [9.17, 15) is 33.6 Å². The molecule has 340 valence electrons. The van der Waals surface area contributed by atoms with Crippen LogP contribution in [-0.2, 0) is 25.7 Å². The Bertz CT molecular complexity index is 2440. The number of nitrogens with zero attached hydrogens (tertiary/aromatic N) is 2. The summed E-state index contributed by atoms with van der Waals surface area (Å²) < 4.78 is 5.50. The predicted octanol–water partition coefficient (Wildman–Crippen LogP) is 2.42. The van der Waals surface area contributed by atoms with Crippen LogP contribution in [0, 0.1) is 19.3 Å². The van der Waals surface area contributed by atoms with Gasteiger partial charge in [0.15, 0.2) is 0 Å². The van der Waals surface area contributed by atoms with E-state index in [-0.39, 0.29) is 67.4 Å². The number of hydrogen-bond acceptors (Lipinski definition) is 14. The maximum Gasteiger partial charge on any atom is 0.264 e. The zero-order valence-electron chi connectivity index (χ0n) is 37.0. The van der Waals surface area contributed by atoms with Crippen LogP contribution < -0.4 is 43.4 Å². The van der Waals surface area contributed by atoms with Gasteiger partial charge >= 0.3 is 0 Å². The van der Waals surface area contributed by atoms with E-state index in [4.69, 9.17) is 15.9 Å². The summed E-state index contributed by atoms with van der Waals surface area (Å²) in [7, 11) is 0. The minimum absolute atomic E-state index is 0.0132. The summed E-state index contributed by atoms with van der Waals surface area (Å²) in [4.78, 5) is 94.6. The van der Waals surface area contributed by atoms with Crippen LogP contribution in [0.5, 0.6) is 0 Å². The molecular formula is C45H57N11O8. The van der Waals surface area contributed by atoms with Gasteiger partial charge in [-0.3, -0.25) is 49.2 Å². The minimum Gasteiger partial charge on any atom is -0.385 e. The van der Waals surface area contributed by atoms with Crippen molar-refractivity contribution in [1.82, 2.24) is 36.3 Å². The monoisotopic (exact) mass is 879 g/mol. The molecule has 0 aliphatic carbocycles. The molecule has 10 N–H and O–H groups in total. The van der Waals surface area contributed by atoms with Crippen LogP contribution in [0.15, 0.2) is 59.2 Å². The second kappa shape index (κ2) is 21.8. The van der Waals surface area contributed by atoms with Crippen molar-refractivity contribution in [3.63, 3.8) is 0 Å².